The van der Waals surface area contributed by atoms with Gasteiger partial charge in [-0.05, 0) is 37.8 Å². The molecule has 5 heteroatoms. The van der Waals surface area contributed by atoms with Crippen molar-refractivity contribution in [2.24, 2.45) is 5.92 Å². The lowest BCUT2D eigenvalue weighted by atomic mass is 10.0. The summed E-state index contributed by atoms with van der Waals surface area (Å²) >= 11 is 0. The van der Waals surface area contributed by atoms with Gasteiger partial charge in [0.25, 0.3) is 0 Å². The molecular formula is C19H25N3O2. The van der Waals surface area contributed by atoms with Crippen molar-refractivity contribution < 1.29 is 9.90 Å². The van der Waals surface area contributed by atoms with Crippen molar-refractivity contribution in [1.29, 1.82) is 0 Å². The number of hydrogen-bond acceptors (Lipinski definition) is 3. The third-order valence-corrected chi connectivity index (χ3v) is 4.69. The average Bonchev–Trinajstić information content (AvgIpc) is 3.15. The average molecular weight is 327 g/mol. The summed E-state index contributed by atoms with van der Waals surface area (Å²) < 4.78 is 0. The Kier molecular flexibility index (Phi) is 5.30. The molecule has 3 rings (SSSR count). The molecule has 0 radical (unpaired) electrons. The molecule has 2 unspecified atom stereocenters. The van der Waals surface area contributed by atoms with E-state index in [0.29, 0.717) is 25.9 Å². The number of nitrogens with zero attached hydrogens (tertiary/aromatic N) is 2. The predicted octanol–water partition coefficient (Wildman–Crippen LogP) is 2.10. The standard InChI is InChI=1S/C19H25N3O2/c1-14-10-17(21-20-14)11-16-12-22(13-18(16)23)19(24)9-5-8-15-6-3-2-4-7-15/h2-4,6-7,10,16,18,23H,5,8-9,11-13H2,1H3,(H,20,21). The normalized spacial score (nSPS) is 20.5. The quantitative estimate of drug-likeness (QED) is 0.854. The van der Waals surface area contributed by atoms with E-state index < -0.39 is 6.10 Å². The van der Waals surface area contributed by atoms with E-state index in [4.69, 9.17) is 0 Å². The number of aromatic nitrogens is 2. The maximum absolute atomic E-state index is 12.4. The summed E-state index contributed by atoms with van der Waals surface area (Å²) in [5.41, 5.74) is 3.24. The van der Waals surface area contributed by atoms with Crippen molar-refractivity contribution in [1.82, 2.24) is 15.1 Å². The maximum atomic E-state index is 12.4. The van der Waals surface area contributed by atoms with Crippen LogP contribution in [0.4, 0.5) is 0 Å². The zero-order chi connectivity index (χ0) is 16.9. The highest BCUT2D eigenvalue weighted by Crippen LogP contribution is 2.22. The van der Waals surface area contributed by atoms with Crippen molar-refractivity contribution in [3.05, 3.63) is 53.3 Å². The molecule has 1 aliphatic rings. The van der Waals surface area contributed by atoms with Crippen LogP contribution < -0.4 is 0 Å². The second-order valence-electron chi connectivity index (χ2n) is 6.71. The van der Waals surface area contributed by atoms with E-state index in [2.05, 4.69) is 22.3 Å². The molecule has 1 amide bonds. The Bertz CT molecular complexity index is 668. The summed E-state index contributed by atoms with van der Waals surface area (Å²) in [5.74, 6) is 0.219. The van der Waals surface area contributed by atoms with Crippen molar-refractivity contribution in [3.63, 3.8) is 0 Å². The molecule has 2 heterocycles. The van der Waals surface area contributed by atoms with Gasteiger partial charge in [0.05, 0.1) is 11.8 Å². The Morgan fingerprint density at radius 3 is 2.83 bits per heavy atom. The molecule has 1 aliphatic heterocycles. The summed E-state index contributed by atoms with van der Waals surface area (Å²) in [5, 5.41) is 17.4. The molecule has 0 bridgehead atoms. The number of nitrogens with one attached hydrogen (secondary N) is 1. The number of aromatic amines is 1. The van der Waals surface area contributed by atoms with Gasteiger partial charge in [-0.15, -0.1) is 0 Å². The maximum Gasteiger partial charge on any atom is 0.222 e. The van der Waals surface area contributed by atoms with E-state index in [1.807, 2.05) is 31.2 Å². The molecule has 128 valence electrons. The largest absolute Gasteiger partial charge is 0.391 e. The zero-order valence-corrected chi connectivity index (χ0v) is 14.1. The van der Waals surface area contributed by atoms with Crippen molar-refractivity contribution >= 4 is 5.91 Å². The van der Waals surface area contributed by atoms with Crippen LogP contribution in [0.15, 0.2) is 36.4 Å². The minimum Gasteiger partial charge on any atom is -0.391 e. The summed E-state index contributed by atoms with van der Waals surface area (Å²) in [7, 11) is 0. The lowest BCUT2D eigenvalue weighted by Gasteiger charge is -2.16. The Morgan fingerprint density at radius 2 is 2.12 bits per heavy atom. The van der Waals surface area contributed by atoms with E-state index in [-0.39, 0.29) is 11.8 Å². The highest BCUT2D eigenvalue weighted by atomic mass is 16.3. The van der Waals surface area contributed by atoms with Gasteiger partial charge in [0.15, 0.2) is 0 Å². The van der Waals surface area contributed by atoms with E-state index in [1.165, 1.54) is 5.56 Å². The van der Waals surface area contributed by atoms with Gasteiger partial charge in [-0.2, -0.15) is 5.10 Å². The second-order valence-corrected chi connectivity index (χ2v) is 6.71. The fourth-order valence-electron chi connectivity index (χ4n) is 3.35. The number of carbonyl (C=O) groups is 1. The molecule has 2 atom stereocenters. The first-order valence-corrected chi connectivity index (χ1v) is 8.62. The van der Waals surface area contributed by atoms with Gasteiger partial charge < -0.3 is 10.0 Å². The van der Waals surface area contributed by atoms with E-state index in [1.54, 1.807) is 4.90 Å². The lowest BCUT2D eigenvalue weighted by molar-refractivity contribution is -0.130. The first kappa shape index (κ1) is 16.7. The molecule has 1 saturated heterocycles. The van der Waals surface area contributed by atoms with Gasteiger partial charge in [0.2, 0.25) is 5.91 Å². The number of aryl methyl sites for hydroxylation is 2. The molecule has 24 heavy (non-hydrogen) atoms. The summed E-state index contributed by atoms with van der Waals surface area (Å²) in [6.45, 7) is 3.03. The minimum absolute atomic E-state index is 0.0748. The Labute approximate surface area is 142 Å². The SMILES string of the molecule is Cc1cc(CC2CN(C(=O)CCCc3ccccc3)CC2O)n[nH]1. The van der Waals surface area contributed by atoms with Crippen LogP contribution in [0.5, 0.6) is 0 Å². The molecule has 0 spiro atoms. The number of likely N-dealkylation sites (tertiary alicyclic amines) is 1. The molecule has 2 N–H and O–H groups in total. The first-order valence-electron chi connectivity index (χ1n) is 8.62. The monoisotopic (exact) mass is 327 g/mol. The number of carbonyl (C=O) groups excluding carboxylic acids is 1. The zero-order valence-electron chi connectivity index (χ0n) is 14.1. The predicted molar refractivity (Wildman–Crippen MR) is 92.5 cm³/mol. The van der Waals surface area contributed by atoms with Crippen LogP contribution in [0.1, 0.15) is 29.8 Å². The van der Waals surface area contributed by atoms with Crippen LogP contribution in [0.3, 0.4) is 0 Å². The Balaban J connectivity index is 1.46. The Hall–Kier alpha value is -2.14. The highest BCUT2D eigenvalue weighted by molar-refractivity contribution is 5.76. The van der Waals surface area contributed by atoms with Gasteiger partial charge in [0, 0.05) is 31.1 Å². The lowest BCUT2D eigenvalue weighted by Crippen LogP contribution is -2.29. The molecule has 0 saturated carbocycles. The molecule has 0 aliphatic carbocycles. The van der Waals surface area contributed by atoms with E-state index in [9.17, 15) is 9.90 Å². The molecular weight excluding hydrogens is 302 g/mol. The van der Waals surface area contributed by atoms with Crippen molar-refractivity contribution in [3.8, 4) is 0 Å². The highest BCUT2D eigenvalue weighted by Gasteiger charge is 2.34. The summed E-state index contributed by atoms with van der Waals surface area (Å²) in [6, 6.07) is 12.2. The molecule has 1 aromatic carbocycles. The van der Waals surface area contributed by atoms with Gasteiger partial charge in [-0.3, -0.25) is 9.89 Å². The van der Waals surface area contributed by atoms with Crippen LogP contribution in [0.2, 0.25) is 0 Å². The van der Waals surface area contributed by atoms with Crippen LogP contribution in [0, 0.1) is 12.8 Å². The fraction of sp³-hybridized carbons (Fsp3) is 0.474. The van der Waals surface area contributed by atoms with Gasteiger partial charge in [-0.1, -0.05) is 30.3 Å². The van der Waals surface area contributed by atoms with Crippen LogP contribution in [-0.2, 0) is 17.6 Å². The molecule has 2 aromatic rings. The van der Waals surface area contributed by atoms with Gasteiger partial charge >= 0.3 is 0 Å². The second kappa shape index (κ2) is 7.62. The third-order valence-electron chi connectivity index (χ3n) is 4.69. The topological polar surface area (TPSA) is 69.2 Å². The number of benzene rings is 1. The number of rotatable bonds is 6. The van der Waals surface area contributed by atoms with Crippen molar-refractivity contribution in [2.45, 2.75) is 38.7 Å². The molecule has 5 nitrogen and oxygen atoms in total. The van der Waals surface area contributed by atoms with Gasteiger partial charge in [-0.25, -0.2) is 0 Å². The first-order chi connectivity index (χ1) is 11.6. The van der Waals surface area contributed by atoms with Crippen LogP contribution in [-0.4, -0.2) is 45.3 Å². The fourth-order valence-corrected chi connectivity index (χ4v) is 3.35. The minimum atomic E-state index is -0.458. The smallest absolute Gasteiger partial charge is 0.222 e. The number of β-amino-alcohol motifs (C(OH)–C–C–N with tert-alkyl or cyclic N) is 1. The Morgan fingerprint density at radius 1 is 1.33 bits per heavy atom. The number of aliphatic hydroxyl groups excluding tert-OH is 1. The number of hydrogen-bond donors (Lipinski definition) is 2. The molecule has 1 aromatic heterocycles. The van der Waals surface area contributed by atoms with E-state index >= 15 is 0 Å². The van der Waals surface area contributed by atoms with Crippen LogP contribution >= 0.6 is 0 Å². The van der Waals surface area contributed by atoms with Gasteiger partial charge in [0.1, 0.15) is 0 Å². The van der Waals surface area contributed by atoms with E-state index in [0.717, 1.165) is 24.2 Å². The van der Waals surface area contributed by atoms with Crippen molar-refractivity contribution in [2.75, 3.05) is 13.1 Å². The summed E-state index contributed by atoms with van der Waals surface area (Å²) in [4.78, 5) is 14.2. The number of amides is 1. The number of H-pyrrole nitrogens is 1. The van der Waals surface area contributed by atoms with Crippen LogP contribution in [0.25, 0.3) is 0 Å². The number of aliphatic hydroxyl groups is 1. The molecule has 1 fully saturated rings. The summed E-state index contributed by atoms with van der Waals surface area (Å²) in [6.07, 6.45) is 2.55. The third kappa shape index (κ3) is 4.23.